The van der Waals surface area contributed by atoms with Crippen LogP contribution in [0.25, 0.3) is 0 Å². The smallest absolute Gasteiger partial charge is 0.267 e. The van der Waals surface area contributed by atoms with E-state index in [1.165, 1.54) is 5.01 Å². The minimum atomic E-state index is -0.225. The van der Waals surface area contributed by atoms with Crippen molar-refractivity contribution in [3.8, 4) is 0 Å². The molecule has 1 N–H and O–H groups in total. The van der Waals surface area contributed by atoms with E-state index in [1.54, 1.807) is 7.05 Å². The van der Waals surface area contributed by atoms with E-state index in [0.717, 1.165) is 5.57 Å². The van der Waals surface area contributed by atoms with Crippen LogP contribution >= 0.6 is 0 Å². The molecule has 82 valence electrons. The van der Waals surface area contributed by atoms with Crippen LogP contribution in [0, 0.1) is 0 Å². The van der Waals surface area contributed by atoms with Crippen LogP contribution in [0.2, 0.25) is 0 Å². The number of hydrazone groups is 1. The second kappa shape index (κ2) is 4.72. The maximum absolute atomic E-state index is 11.5. The molecule has 0 spiro atoms. The van der Waals surface area contributed by atoms with Crippen LogP contribution in [-0.2, 0) is 9.59 Å². The van der Waals surface area contributed by atoms with Gasteiger partial charge >= 0.3 is 0 Å². The van der Waals surface area contributed by atoms with Crippen molar-refractivity contribution in [2.75, 3.05) is 13.6 Å². The van der Waals surface area contributed by atoms with Gasteiger partial charge in [-0.2, -0.15) is 5.10 Å². The summed E-state index contributed by atoms with van der Waals surface area (Å²) in [5.41, 5.74) is 1.28. The molecule has 0 saturated carbocycles. The van der Waals surface area contributed by atoms with Crippen LogP contribution in [0.5, 0.6) is 0 Å². The fraction of sp³-hybridized carbons (Fsp3) is 0.500. The van der Waals surface area contributed by atoms with Crippen molar-refractivity contribution in [3.63, 3.8) is 0 Å². The Kier molecular flexibility index (Phi) is 3.60. The van der Waals surface area contributed by atoms with E-state index in [0.29, 0.717) is 25.1 Å². The SMILES string of the molecule is C=C(C)CNC(=O)C1=NN(C)C(=O)CC1. The average Bonchev–Trinajstić information content (AvgIpc) is 2.18. The Balaban J connectivity index is 2.57. The standard InChI is InChI=1S/C10H15N3O2/c1-7(2)6-11-10(15)8-4-5-9(14)13(3)12-8/h1,4-6H2,2-3H3,(H,11,15). The Morgan fingerprint density at radius 1 is 1.60 bits per heavy atom. The second-order valence-corrected chi connectivity index (χ2v) is 3.60. The molecule has 0 radical (unpaired) electrons. The lowest BCUT2D eigenvalue weighted by Gasteiger charge is -2.18. The average molecular weight is 209 g/mol. The lowest BCUT2D eigenvalue weighted by Crippen LogP contribution is -2.38. The fourth-order valence-electron chi connectivity index (χ4n) is 1.17. The molecule has 0 saturated heterocycles. The first-order valence-electron chi connectivity index (χ1n) is 4.77. The largest absolute Gasteiger partial charge is 0.347 e. The van der Waals surface area contributed by atoms with Crippen molar-refractivity contribution in [3.05, 3.63) is 12.2 Å². The normalized spacial score (nSPS) is 16.0. The van der Waals surface area contributed by atoms with Gasteiger partial charge in [0, 0.05) is 26.4 Å². The fourth-order valence-corrected chi connectivity index (χ4v) is 1.17. The van der Waals surface area contributed by atoms with Crippen molar-refractivity contribution in [1.29, 1.82) is 0 Å². The third-order valence-electron chi connectivity index (χ3n) is 2.02. The first-order chi connectivity index (χ1) is 7.00. The highest BCUT2D eigenvalue weighted by Crippen LogP contribution is 2.06. The van der Waals surface area contributed by atoms with Crippen LogP contribution in [0.3, 0.4) is 0 Å². The Bertz CT molecular complexity index is 334. The van der Waals surface area contributed by atoms with Crippen LogP contribution in [-0.4, -0.2) is 36.1 Å². The van der Waals surface area contributed by atoms with E-state index < -0.39 is 0 Å². The van der Waals surface area contributed by atoms with Gasteiger partial charge in [-0.1, -0.05) is 12.2 Å². The van der Waals surface area contributed by atoms with E-state index in [1.807, 2.05) is 6.92 Å². The summed E-state index contributed by atoms with van der Waals surface area (Å²) in [7, 11) is 1.55. The first-order valence-corrected chi connectivity index (χ1v) is 4.77. The highest BCUT2D eigenvalue weighted by molar-refractivity contribution is 6.39. The summed E-state index contributed by atoms with van der Waals surface area (Å²) >= 11 is 0. The van der Waals surface area contributed by atoms with Crippen molar-refractivity contribution in [2.24, 2.45) is 5.10 Å². The predicted octanol–water partition coefficient (Wildman–Crippen LogP) is 0.287. The Labute approximate surface area is 88.8 Å². The minimum Gasteiger partial charge on any atom is -0.347 e. The molecule has 1 rings (SSSR count). The lowest BCUT2D eigenvalue weighted by molar-refractivity contribution is -0.130. The number of carbonyl (C=O) groups is 2. The van der Waals surface area contributed by atoms with Gasteiger partial charge in [0.05, 0.1) is 0 Å². The maximum atomic E-state index is 11.5. The number of nitrogens with zero attached hydrogens (tertiary/aromatic N) is 2. The molecule has 5 nitrogen and oxygen atoms in total. The number of carbonyl (C=O) groups excluding carboxylic acids is 2. The van der Waals surface area contributed by atoms with E-state index in [-0.39, 0.29) is 11.8 Å². The van der Waals surface area contributed by atoms with Crippen LogP contribution in [0.15, 0.2) is 17.3 Å². The van der Waals surface area contributed by atoms with Gasteiger partial charge in [0.25, 0.3) is 5.91 Å². The molecule has 0 atom stereocenters. The molecule has 0 aromatic heterocycles. The highest BCUT2D eigenvalue weighted by atomic mass is 16.2. The molecule has 1 aliphatic heterocycles. The second-order valence-electron chi connectivity index (χ2n) is 3.60. The molecule has 1 heterocycles. The third-order valence-corrected chi connectivity index (χ3v) is 2.02. The van der Waals surface area contributed by atoms with Crippen molar-refractivity contribution >= 4 is 17.5 Å². The van der Waals surface area contributed by atoms with E-state index in [4.69, 9.17) is 0 Å². The number of rotatable bonds is 3. The van der Waals surface area contributed by atoms with Gasteiger partial charge in [-0.3, -0.25) is 9.59 Å². The van der Waals surface area contributed by atoms with Gasteiger partial charge in [-0.25, -0.2) is 5.01 Å². The van der Waals surface area contributed by atoms with Crippen LogP contribution < -0.4 is 5.32 Å². The number of amides is 2. The zero-order valence-corrected chi connectivity index (χ0v) is 9.04. The molecular formula is C10H15N3O2. The van der Waals surface area contributed by atoms with Gasteiger partial charge in [-0.15, -0.1) is 0 Å². The van der Waals surface area contributed by atoms with E-state index in [9.17, 15) is 9.59 Å². The number of nitrogens with one attached hydrogen (secondary N) is 1. The molecule has 0 aromatic carbocycles. The lowest BCUT2D eigenvalue weighted by atomic mass is 10.1. The van der Waals surface area contributed by atoms with Crippen molar-refractivity contribution < 1.29 is 9.59 Å². The first kappa shape index (κ1) is 11.4. The summed E-state index contributed by atoms with van der Waals surface area (Å²) in [4.78, 5) is 22.6. The van der Waals surface area contributed by atoms with E-state index >= 15 is 0 Å². The Hall–Kier alpha value is -1.65. The summed E-state index contributed by atoms with van der Waals surface area (Å²) < 4.78 is 0. The molecule has 5 heteroatoms. The molecule has 2 amide bonds. The van der Waals surface area contributed by atoms with Gasteiger partial charge in [0.15, 0.2) is 0 Å². The Morgan fingerprint density at radius 2 is 2.27 bits per heavy atom. The molecular weight excluding hydrogens is 194 g/mol. The molecule has 0 unspecified atom stereocenters. The van der Waals surface area contributed by atoms with Gasteiger partial charge in [0.1, 0.15) is 5.71 Å². The van der Waals surface area contributed by atoms with Gasteiger partial charge in [-0.05, 0) is 6.92 Å². The van der Waals surface area contributed by atoms with Crippen LogP contribution in [0.4, 0.5) is 0 Å². The quantitative estimate of drug-likeness (QED) is 0.679. The maximum Gasteiger partial charge on any atom is 0.267 e. The summed E-state index contributed by atoms with van der Waals surface area (Å²) in [6.07, 6.45) is 0.751. The van der Waals surface area contributed by atoms with Gasteiger partial charge in [0.2, 0.25) is 5.91 Å². The summed E-state index contributed by atoms with van der Waals surface area (Å²) in [6, 6.07) is 0. The highest BCUT2D eigenvalue weighted by Gasteiger charge is 2.21. The molecule has 0 fully saturated rings. The third kappa shape index (κ3) is 3.19. The van der Waals surface area contributed by atoms with E-state index in [2.05, 4.69) is 17.0 Å². The van der Waals surface area contributed by atoms with Crippen molar-refractivity contribution in [2.45, 2.75) is 19.8 Å². The van der Waals surface area contributed by atoms with Crippen molar-refractivity contribution in [1.82, 2.24) is 10.3 Å². The molecule has 0 aromatic rings. The number of hydrogen-bond donors (Lipinski definition) is 1. The zero-order chi connectivity index (χ0) is 11.4. The molecule has 0 bridgehead atoms. The summed E-state index contributed by atoms with van der Waals surface area (Å²) in [5, 5.41) is 7.79. The molecule has 1 aliphatic rings. The monoisotopic (exact) mass is 209 g/mol. The zero-order valence-electron chi connectivity index (χ0n) is 9.04. The predicted molar refractivity (Wildman–Crippen MR) is 57.3 cm³/mol. The summed E-state index contributed by atoms with van der Waals surface area (Å²) in [6.45, 7) is 5.95. The van der Waals surface area contributed by atoms with Crippen LogP contribution in [0.1, 0.15) is 19.8 Å². The summed E-state index contributed by atoms with van der Waals surface area (Å²) in [5.74, 6) is -0.288. The topological polar surface area (TPSA) is 61.8 Å². The molecule has 15 heavy (non-hydrogen) atoms. The molecule has 0 aliphatic carbocycles. The Morgan fingerprint density at radius 3 is 2.80 bits per heavy atom. The number of hydrogen-bond acceptors (Lipinski definition) is 3. The minimum absolute atomic E-state index is 0.0635. The van der Waals surface area contributed by atoms with Gasteiger partial charge < -0.3 is 5.32 Å².